The number of alkyl carbamates (subject to hydrolysis) is 1. The maximum absolute atomic E-state index is 12.8. The van der Waals surface area contributed by atoms with Crippen LogP contribution in [-0.2, 0) is 16.1 Å². The Hall–Kier alpha value is -2.89. The lowest BCUT2D eigenvalue weighted by Gasteiger charge is -2.26. The molecule has 0 aliphatic heterocycles. The highest BCUT2D eigenvalue weighted by atomic mass is 19.4. The van der Waals surface area contributed by atoms with Gasteiger partial charge >= 0.3 is 12.3 Å². The van der Waals surface area contributed by atoms with Gasteiger partial charge in [-0.1, -0.05) is 12.1 Å². The van der Waals surface area contributed by atoms with Crippen LogP contribution in [0.4, 0.5) is 23.7 Å². The number of nitrogens with zero attached hydrogens (tertiary/aromatic N) is 1. The van der Waals surface area contributed by atoms with E-state index >= 15 is 0 Å². The number of carbonyl (C=O) groups excluding carboxylic acids is 2. The maximum Gasteiger partial charge on any atom is 0.407 e. The lowest BCUT2D eigenvalue weighted by molar-refractivity contribution is -0.384. The van der Waals surface area contributed by atoms with Crippen molar-refractivity contribution < 1.29 is 37.5 Å². The van der Waals surface area contributed by atoms with Crippen molar-refractivity contribution in [1.82, 2.24) is 10.6 Å². The first-order valence-corrected chi connectivity index (χ1v) is 8.43. The zero-order valence-corrected chi connectivity index (χ0v) is 15.9. The molecule has 1 rings (SSSR count). The number of non-ortho nitro benzene ring substituents is 1. The fraction of sp³-hybridized carbons (Fsp3) is 0.529. The number of aliphatic hydroxyl groups is 1. The second-order valence-electron chi connectivity index (χ2n) is 7.16. The molecule has 0 aliphatic carbocycles. The summed E-state index contributed by atoms with van der Waals surface area (Å²) < 4.78 is 43.2. The average molecular weight is 421 g/mol. The van der Waals surface area contributed by atoms with Gasteiger partial charge in [0.05, 0.1) is 17.4 Å². The quantitative estimate of drug-likeness (QED) is 0.458. The number of nitro groups is 1. The molecular formula is C17H22F3N3O6. The topological polar surface area (TPSA) is 131 Å². The van der Waals surface area contributed by atoms with E-state index in [4.69, 9.17) is 4.74 Å². The predicted octanol–water partition coefficient (Wildman–Crippen LogP) is 2.42. The van der Waals surface area contributed by atoms with Crippen LogP contribution in [0.3, 0.4) is 0 Å². The van der Waals surface area contributed by atoms with Gasteiger partial charge in [-0.15, -0.1) is 0 Å². The van der Waals surface area contributed by atoms with Crippen molar-refractivity contribution in [2.45, 2.75) is 57.7 Å². The fourth-order valence-electron chi connectivity index (χ4n) is 2.16. The van der Waals surface area contributed by atoms with Crippen LogP contribution in [0.25, 0.3) is 0 Å². The Balaban J connectivity index is 2.77. The van der Waals surface area contributed by atoms with Crippen molar-refractivity contribution in [2.24, 2.45) is 0 Å². The van der Waals surface area contributed by atoms with Crippen molar-refractivity contribution in [3.05, 3.63) is 39.9 Å². The molecule has 0 saturated carbocycles. The van der Waals surface area contributed by atoms with Crippen molar-refractivity contribution in [1.29, 1.82) is 0 Å². The largest absolute Gasteiger partial charge is 0.444 e. The number of benzene rings is 1. The Labute approximate surface area is 164 Å². The number of hydrogen-bond donors (Lipinski definition) is 3. The summed E-state index contributed by atoms with van der Waals surface area (Å²) >= 11 is 0. The highest BCUT2D eigenvalue weighted by Gasteiger charge is 2.39. The first-order valence-electron chi connectivity index (χ1n) is 8.43. The van der Waals surface area contributed by atoms with Crippen LogP contribution in [0.1, 0.15) is 32.8 Å². The summed E-state index contributed by atoms with van der Waals surface area (Å²) in [5.74, 6) is -1.16. The Morgan fingerprint density at radius 1 is 1.21 bits per heavy atom. The SMILES string of the molecule is CC(C)(C)OC(=O)NC(CC(F)(F)F)C(O)C(=O)NCc1ccc([N+](=O)[O-])cc1. The van der Waals surface area contributed by atoms with Crippen molar-refractivity contribution in [3.63, 3.8) is 0 Å². The van der Waals surface area contributed by atoms with Gasteiger partial charge < -0.3 is 20.5 Å². The molecule has 1 aromatic rings. The molecule has 9 nitrogen and oxygen atoms in total. The van der Waals surface area contributed by atoms with E-state index in [1.54, 1.807) is 0 Å². The zero-order chi connectivity index (χ0) is 22.4. The molecule has 0 spiro atoms. The third kappa shape index (κ3) is 9.23. The number of aliphatic hydroxyl groups excluding tert-OH is 1. The maximum atomic E-state index is 12.8. The van der Waals surface area contributed by atoms with Gasteiger partial charge in [0.15, 0.2) is 6.10 Å². The van der Waals surface area contributed by atoms with E-state index < -0.39 is 47.3 Å². The molecule has 12 heteroatoms. The molecule has 0 saturated heterocycles. The van der Waals surface area contributed by atoms with E-state index in [1.807, 2.05) is 5.32 Å². The summed E-state index contributed by atoms with van der Waals surface area (Å²) in [6.07, 6.45) is -9.84. The van der Waals surface area contributed by atoms with Crippen molar-refractivity contribution >= 4 is 17.7 Å². The third-order valence-corrected chi connectivity index (χ3v) is 3.42. The van der Waals surface area contributed by atoms with Crippen molar-refractivity contribution in [2.75, 3.05) is 0 Å². The highest BCUT2D eigenvalue weighted by molar-refractivity contribution is 5.82. The first kappa shape index (κ1) is 24.1. The number of rotatable bonds is 7. The monoisotopic (exact) mass is 421 g/mol. The molecule has 1 aromatic carbocycles. The van der Waals surface area contributed by atoms with Gasteiger partial charge in [-0.05, 0) is 26.3 Å². The zero-order valence-electron chi connectivity index (χ0n) is 15.9. The summed E-state index contributed by atoms with van der Waals surface area (Å²) in [4.78, 5) is 33.8. The van der Waals surface area contributed by atoms with Gasteiger partial charge in [-0.25, -0.2) is 4.79 Å². The van der Waals surface area contributed by atoms with Crippen LogP contribution in [0.5, 0.6) is 0 Å². The van der Waals surface area contributed by atoms with Gasteiger partial charge in [-0.3, -0.25) is 14.9 Å². The van der Waals surface area contributed by atoms with Crippen LogP contribution < -0.4 is 10.6 Å². The molecular weight excluding hydrogens is 399 g/mol. The highest BCUT2D eigenvalue weighted by Crippen LogP contribution is 2.23. The smallest absolute Gasteiger partial charge is 0.407 e. The first-order chi connectivity index (χ1) is 13.2. The summed E-state index contributed by atoms with van der Waals surface area (Å²) in [7, 11) is 0. The summed E-state index contributed by atoms with van der Waals surface area (Å²) in [6, 6.07) is 3.10. The van der Waals surface area contributed by atoms with E-state index in [-0.39, 0.29) is 12.2 Å². The van der Waals surface area contributed by atoms with E-state index in [2.05, 4.69) is 5.32 Å². The second kappa shape index (κ2) is 9.54. The third-order valence-electron chi connectivity index (χ3n) is 3.42. The molecule has 3 N–H and O–H groups in total. The minimum absolute atomic E-state index is 0.174. The lowest BCUT2D eigenvalue weighted by Crippen LogP contribution is -2.53. The molecule has 0 aromatic heterocycles. The summed E-state index contributed by atoms with van der Waals surface area (Å²) in [6.45, 7) is 4.30. The number of nitro benzene ring substituents is 1. The molecule has 162 valence electrons. The predicted molar refractivity (Wildman–Crippen MR) is 94.8 cm³/mol. The Morgan fingerprint density at radius 3 is 2.21 bits per heavy atom. The van der Waals surface area contributed by atoms with Crippen LogP contribution in [0.2, 0.25) is 0 Å². The Bertz CT molecular complexity index is 731. The number of alkyl halides is 3. The van der Waals surface area contributed by atoms with E-state index in [1.165, 1.54) is 45.0 Å². The molecule has 0 bridgehead atoms. The number of carbonyl (C=O) groups is 2. The molecule has 0 radical (unpaired) electrons. The molecule has 0 fully saturated rings. The summed E-state index contributed by atoms with van der Waals surface area (Å²) in [5, 5.41) is 24.7. The molecule has 29 heavy (non-hydrogen) atoms. The molecule has 0 heterocycles. The van der Waals surface area contributed by atoms with Crippen LogP contribution >= 0.6 is 0 Å². The van der Waals surface area contributed by atoms with Gasteiger partial charge in [-0.2, -0.15) is 13.2 Å². The van der Waals surface area contributed by atoms with Crippen LogP contribution in [0, 0.1) is 10.1 Å². The number of nitrogens with one attached hydrogen (secondary N) is 2. The minimum Gasteiger partial charge on any atom is -0.444 e. The van der Waals surface area contributed by atoms with Gasteiger partial charge in [0, 0.05) is 18.7 Å². The minimum atomic E-state index is -4.76. The van der Waals surface area contributed by atoms with Gasteiger partial charge in [0.1, 0.15) is 5.60 Å². The van der Waals surface area contributed by atoms with Gasteiger partial charge in [0.2, 0.25) is 0 Å². The van der Waals surface area contributed by atoms with Crippen LogP contribution in [0.15, 0.2) is 24.3 Å². The Morgan fingerprint density at radius 2 is 1.76 bits per heavy atom. The molecule has 2 unspecified atom stereocenters. The van der Waals surface area contributed by atoms with Crippen molar-refractivity contribution in [3.8, 4) is 0 Å². The Kier molecular flexibility index (Phi) is 7.95. The normalized spacial score (nSPS) is 13.9. The second-order valence-corrected chi connectivity index (χ2v) is 7.16. The fourth-order valence-corrected chi connectivity index (χ4v) is 2.16. The summed E-state index contributed by atoms with van der Waals surface area (Å²) in [5.41, 5.74) is -0.744. The molecule has 2 atom stereocenters. The van der Waals surface area contributed by atoms with E-state index in [0.717, 1.165) is 0 Å². The number of hydrogen-bond acceptors (Lipinski definition) is 6. The number of ether oxygens (including phenoxy) is 1. The lowest BCUT2D eigenvalue weighted by atomic mass is 10.1. The van der Waals surface area contributed by atoms with E-state index in [9.17, 15) is 38.0 Å². The standard InChI is InChI=1S/C17H22F3N3O6/c1-16(2,3)29-15(26)22-12(8-17(18,19)20)13(24)14(25)21-9-10-4-6-11(7-5-10)23(27)28/h4-7,12-13,24H,8-9H2,1-3H3,(H,21,25)(H,22,26). The molecule has 0 aliphatic rings. The average Bonchev–Trinajstić information content (AvgIpc) is 2.55. The van der Waals surface area contributed by atoms with Crippen LogP contribution in [-0.4, -0.2) is 46.0 Å². The van der Waals surface area contributed by atoms with E-state index in [0.29, 0.717) is 5.56 Å². The number of amides is 2. The number of halogens is 3. The molecule has 2 amide bonds. The van der Waals surface area contributed by atoms with Gasteiger partial charge in [0.25, 0.3) is 11.6 Å².